The molecule has 0 fully saturated rings. The van der Waals surface area contributed by atoms with Crippen LogP contribution < -0.4 is 5.32 Å². The van der Waals surface area contributed by atoms with E-state index in [0.29, 0.717) is 18.7 Å². The van der Waals surface area contributed by atoms with Crippen LogP contribution in [-0.4, -0.2) is 54.9 Å². The summed E-state index contributed by atoms with van der Waals surface area (Å²) in [5.41, 5.74) is 1.64. The lowest BCUT2D eigenvalue weighted by atomic mass is 10.0. The number of nitrogens with zero attached hydrogens (tertiary/aromatic N) is 2. The molecule has 0 bridgehead atoms. The molecular formula is C20H25N3O6. The van der Waals surface area contributed by atoms with Gasteiger partial charge in [-0.15, -0.1) is 0 Å². The van der Waals surface area contributed by atoms with Gasteiger partial charge in [0.15, 0.2) is 0 Å². The van der Waals surface area contributed by atoms with Crippen molar-refractivity contribution in [2.24, 2.45) is 5.92 Å². The molecule has 0 saturated carbocycles. The van der Waals surface area contributed by atoms with Gasteiger partial charge in [-0.25, -0.2) is 9.78 Å². The maximum Gasteiger partial charge on any atom is 0.335 e. The average molecular weight is 403 g/mol. The van der Waals surface area contributed by atoms with E-state index in [0.717, 1.165) is 5.56 Å². The van der Waals surface area contributed by atoms with E-state index >= 15 is 0 Å². The Morgan fingerprint density at radius 3 is 2.17 bits per heavy atom. The Kier molecular flexibility index (Phi) is 7.49. The smallest absolute Gasteiger partial charge is 0.335 e. The van der Waals surface area contributed by atoms with Gasteiger partial charge in [0.2, 0.25) is 0 Å². The molecule has 9 nitrogen and oxygen atoms in total. The largest absolute Gasteiger partial charge is 0.480 e. The summed E-state index contributed by atoms with van der Waals surface area (Å²) in [5, 5.41) is 30.6. The van der Waals surface area contributed by atoms with Crippen LogP contribution in [0.4, 0.5) is 0 Å². The van der Waals surface area contributed by atoms with Crippen LogP contribution in [0.15, 0.2) is 36.8 Å². The number of aliphatic carboxylic acids is 2. The van der Waals surface area contributed by atoms with Crippen LogP contribution >= 0.6 is 0 Å². The monoisotopic (exact) mass is 403 g/mol. The second-order valence-corrected chi connectivity index (χ2v) is 7.30. The summed E-state index contributed by atoms with van der Waals surface area (Å²) in [7, 11) is 0. The fourth-order valence-corrected chi connectivity index (χ4v) is 2.99. The Hall–Kier alpha value is -3.20. The average Bonchev–Trinajstić information content (AvgIpc) is 3.07. The third-order valence-electron chi connectivity index (χ3n) is 4.47. The van der Waals surface area contributed by atoms with Crippen molar-refractivity contribution in [3.8, 4) is 0 Å². The normalized spacial score (nSPS) is 13.2. The van der Waals surface area contributed by atoms with E-state index in [2.05, 4.69) is 10.3 Å². The number of hydrogen-bond donors (Lipinski definition) is 4. The highest BCUT2D eigenvalue weighted by Crippen LogP contribution is 2.12. The zero-order valence-corrected chi connectivity index (χ0v) is 16.3. The number of carboxylic acid groups (broad SMARTS) is 3. The van der Waals surface area contributed by atoms with Crippen LogP contribution in [0.2, 0.25) is 0 Å². The van der Waals surface area contributed by atoms with Crippen LogP contribution in [0.3, 0.4) is 0 Å². The highest BCUT2D eigenvalue weighted by Gasteiger charge is 2.27. The van der Waals surface area contributed by atoms with Crippen molar-refractivity contribution in [2.75, 3.05) is 0 Å². The van der Waals surface area contributed by atoms with Crippen LogP contribution in [0, 0.1) is 5.92 Å². The van der Waals surface area contributed by atoms with Crippen LogP contribution in [-0.2, 0) is 22.6 Å². The summed E-state index contributed by atoms with van der Waals surface area (Å²) in [5.74, 6) is -3.14. The van der Waals surface area contributed by atoms with Gasteiger partial charge in [-0.05, 0) is 30.0 Å². The van der Waals surface area contributed by atoms with Gasteiger partial charge in [-0.3, -0.25) is 14.9 Å². The summed E-state index contributed by atoms with van der Waals surface area (Å²) < 4.78 is 1.76. The van der Waals surface area contributed by atoms with Crippen LogP contribution in [0.5, 0.6) is 0 Å². The summed E-state index contributed by atoms with van der Waals surface area (Å²) >= 11 is 0. The number of aromatic carboxylic acids is 1. The molecule has 1 unspecified atom stereocenters. The van der Waals surface area contributed by atoms with Crippen molar-refractivity contribution >= 4 is 17.9 Å². The number of rotatable bonds is 11. The number of aromatic nitrogens is 2. The quantitative estimate of drug-likeness (QED) is 0.444. The van der Waals surface area contributed by atoms with Gasteiger partial charge >= 0.3 is 17.9 Å². The molecule has 0 amide bonds. The molecule has 2 aromatic rings. The van der Waals surface area contributed by atoms with E-state index in [4.69, 9.17) is 5.11 Å². The van der Waals surface area contributed by atoms with Gasteiger partial charge in [0.25, 0.3) is 0 Å². The minimum Gasteiger partial charge on any atom is -0.480 e. The fraction of sp³-hybridized carbons (Fsp3) is 0.400. The number of imidazole rings is 1. The minimum atomic E-state index is -1.14. The molecule has 0 aliphatic carbocycles. The van der Waals surface area contributed by atoms with Gasteiger partial charge < -0.3 is 19.9 Å². The maximum atomic E-state index is 11.7. The molecule has 2 atom stereocenters. The van der Waals surface area contributed by atoms with Crippen LogP contribution in [0.25, 0.3) is 0 Å². The Morgan fingerprint density at radius 1 is 1.03 bits per heavy atom. The SMILES string of the molecule is CC(C)CC(N[C@@H](Cc1cncn1Cc1ccc(C(=O)O)cc1)C(=O)O)C(=O)O. The molecule has 1 aromatic heterocycles. The van der Waals surface area contributed by atoms with E-state index in [9.17, 15) is 24.6 Å². The van der Waals surface area contributed by atoms with E-state index in [1.807, 2.05) is 13.8 Å². The number of carboxylic acids is 3. The maximum absolute atomic E-state index is 11.7. The van der Waals surface area contributed by atoms with Gasteiger partial charge in [-0.1, -0.05) is 26.0 Å². The van der Waals surface area contributed by atoms with Crippen LogP contribution in [0.1, 0.15) is 41.9 Å². The van der Waals surface area contributed by atoms with Gasteiger partial charge in [0.1, 0.15) is 12.1 Å². The fourth-order valence-electron chi connectivity index (χ4n) is 2.99. The second-order valence-electron chi connectivity index (χ2n) is 7.30. The molecule has 29 heavy (non-hydrogen) atoms. The first-order valence-electron chi connectivity index (χ1n) is 9.20. The van der Waals surface area contributed by atoms with Gasteiger partial charge in [0.05, 0.1) is 11.9 Å². The predicted octanol–water partition coefficient (Wildman–Crippen LogP) is 1.71. The standard InChI is InChI=1S/C20H25N3O6/c1-12(2)7-16(19(26)27)22-17(20(28)29)8-15-9-21-11-23(15)10-13-3-5-14(6-4-13)18(24)25/h3-6,9,11-12,16-17,22H,7-8,10H2,1-2H3,(H,24,25)(H,26,27)(H,28,29)/t16?,17-/m0/s1. The number of nitrogens with one attached hydrogen (secondary N) is 1. The van der Waals surface area contributed by atoms with Crippen molar-refractivity contribution in [1.29, 1.82) is 0 Å². The van der Waals surface area contributed by atoms with Crippen molar-refractivity contribution < 1.29 is 29.7 Å². The van der Waals surface area contributed by atoms with Crippen molar-refractivity contribution in [1.82, 2.24) is 14.9 Å². The van der Waals surface area contributed by atoms with E-state index < -0.39 is 30.0 Å². The van der Waals surface area contributed by atoms with Gasteiger partial charge in [-0.2, -0.15) is 0 Å². The lowest BCUT2D eigenvalue weighted by Gasteiger charge is -2.22. The number of hydrogen-bond acceptors (Lipinski definition) is 5. The first kappa shape index (κ1) is 22.1. The number of benzene rings is 1. The van der Waals surface area contributed by atoms with Crippen molar-refractivity contribution in [3.05, 3.63) is 53.6 Å². The van der Waals surface area contributed by atoms with Crippen molar-refractivity contribution in [3.63, 3.8) is 0 Å². The molecule has 0 aliphatic rings. The molecule has 9 heteroatoms. The zero-order chi connectivity index (χ0) is 21.6. The highest BCUT2D eigenvalue weighted by molar-refractivity contribution is 5.87. The lowest BCUT2D eigenvalue weighted by molar-refractivity contribution is -0.142. The molecular weight excluding hydrogens is 378 g/mol. The van der Waals surface area contributed by atoms with E-state index in [1.54, 1.807) is 29.2 Å². The third-order valence-corrected chi connectivity index (χ3v) is 4.47. The third kappa shape index (κ3) is 6.42. The molecule has 0 saturated heterocycles. The van der Waals surface area contributed by atoms with Gasteiger partial charge in [0, 0.05) is 24.9 Å². The molecule has 0 spiro atoms. The predicted molar refractivity (Wildman–Crippen MR) is 104 cm³/mol. The molecule has 4 N–H and O–H groups in total. The zero-order valence-electron chi connectivity index (χ0n) is 16.3. The minimum absolute atomic E-state index is 0.0599. The van der Waals surface area contributed by atoms with E-state index in [1.165, 1.54) is 12.1 Å². The topological polar surface area (TPSA) is 142 Å². The number of carbonyl (C=O) groups is 3. The Bertz CT molecular complexity index is 859. The van der Waals surface area contributed by atoms with Crippen molar-refractivity contribution in [2.45, 2.75) is 45.3 Å². The molecule has 0 aliphatic heterocycles. The first-order valence-corrected chi connectivity index (χ1v) is 9.20. The summed E-state index contributed by atoms with van der Waals surface area (Å²) in [6.07, 6.45) is 3.47. The molecule has 156 valence electrons. The summed E-state index contributed by atoms with van der Waals surface area (Å²) in [6, 6.07) is 4.32. The second kappa shape index (κ2) is 9.83. The highest BCUT2D eigenvalue weighted by atomic mass is 16.4. The first-order chi connectivity index (χ1) is 13.7. The van der Waals surface area contributed by atoms with E-state index in [-0.39, 0.29) is 17.9 Å². The molecule has 0 radical (unpaired) electrons. The Morgan fingerprint density at radius 2 is 1.66 bits per heavy atom. The molecule has 2 rings (SSSR count). The summed E-state index contributed by atoms with van der Waals surface area (Å²) in [6.45, 7) is 4.13. The Labute approximate surface area is 168 Å². The molecule has 1 aromatic carbocycles. The molecule has 1 heterocycles. The Balaban J connectivity index is 2.13. The summed E-state index contributed by atoms with van der Waals surface area (Å²) in [4.78, 5) is 38.2. The lowest BCUT2D eigenvalue weighted by Crippen LogP contribution is -2.49.